The lowest BCUT2D eigenvalue weighted by molar-refractivity contribution is 0.0528. The molecule has 1 unspecified atom stereocenters. The Morgan fingerprint density at radius 2 is 1.80 bits per heavy atom. The summed E-state index contributed by atoms with van der Waals surface area (Å²) in [6.45, 7) is 0.431. The Kier molecular flexibility index (Phi) is 5.74. The van der Waals surface area contributed by atoms with Crippen molar-refractivity contribution in [2.75, 3.05) is 13.2 Å². The molecule has 2 aromatic heterocycles. The summed E-state index contributed by atoms with van der Waals surface area (Å²) in [5.74, 6) is 0. The van der Waals surface area contributed by atoms with Crippen LogP contribution >= 0.6 is 11.6 Å². The number of H-pyrrole nitrogens is 1. The van der Waals surface area contributed by atoms with Crippen molar-refractivity contribution >= 4 is 22.6 Å². The lowest BCUT2D eigenvalue weighted by Crippen LogP contribution is -2.17. The molecule has 1 fully saturated rings. The smallest absolute Gasteiger partial charge is 0.294 e. The van der Waals surface area contributed by atoms with Crippen LogP contribution in [0.4, 0.5) is 0 Å². The fourth-order valence-electron chi connectivity index (χ4n) is 4.39. The number of aromatic nitrogens is 4. The first kappa shape index (κ1) is 21.9. The molecule has 0 amide bonds. The molecule has 0 radical (unpaired) electrons. The number of aliphatic hydroxyl groups excluding tert-OH is 1. The summed E-state index contributed by atoms with van der Waals surface area (Å²) in [6.07, 6.45) is 4.02. The Morgan fingerprint density at radius 1 is 1.06 bits per heavy atom. The predicted molar refractivity (Wildman–Crippen MR) is 135 cm³/mol. The van der Waals surface area contributed by atoms with E-state index < -0.39 is 0 Å². The highest BCUT2D eigenvalue weighted by molar-refractivity contribution is 6.34. The van der Waals surface area contributed by atoms with Crippen LogP contribution in [-0.4, -0.2) is 50.3 Å². The highest BCUT2D eigenvalue weighted by Gasteiger charge is 2.27. The van der Waals surface area contributed by atoms with Crippen molar-refractivity contribution in [2.45, 2.75) is 18.6 Å². The van der Waals surface area contributed by atoms with Crippen LogP contribution in [0.25, 0.3) is 39.0 Å². The van der Waals surface area contributed by atoms with Gasteiger partial charge in [-0.05, 0) is 47.0 Å². The topological polar surface area (TPSA) is 85.2 Å². The van der Waals surface area contributed by atoms with Crippen molar-refractivity contribution in [1.82, 2.24) is 19.7 Å². The zero-order chi connectivity index (χ0) is 23.8. The molecule has 1 aliphatic heterocycles. The predicted octanol–water partition coefficient (Wildman–Crippen LogP) is 5.26. The van der Waals surface area contributed by atoms with Gasteiger partial charge in [-0.1, -0.05) is 48.0 Å². The molecule has 3 heterocycles. The summed E-state index contributed by atoms with van der Waals surface area (Å²) >= 11 is 6.63. The van der Waals surface area contributed by atoms with Crippen LogP contribution in [-0.2, 0) is 4.74 Å². The van der Waals surface area contributed by atoms with Crippen molar-refractivity contribution in [3.8, 4) is 34.0 Å². The van der Waals surface area contributed by atoms with E-state index in [9.17, 15) is 5.11 Å². The average molecular weight is 487 g/mol. The van der Waals surface area contributed by atoms with Crippen molar-refractivity contribution in [1.29, 1.82) is 0 Å². The van der Waals surface area contributed by atoms with Crippen LogP contribution in [0.15, 0.2) is 79.1 Å². The van der Waals surface area contributed by atoms with Gasteiger partial charge in [0.1, 0.15) is 6.10 Å². The maximum atomic E-state index is 9.24. The van der Waals surface area contributed by atoms with Crippen molar-refractivity contribution < 1.29 is 14.6 Å². The summed E-state index contributed by atoms with van der Waals surface area (Å²) in [5.41, 5.74) is 6.76. The molecule has 5 aromatic rings. The fourth-order valence-corrected chi connectivity index (χ4v) is 4.67. The third kappa shape index (κ3) is 4.41. The largest absolute Gasteiger partial charge is 0.459 e. The van der Waals surface area contributed by atoms with Crippen LogP contribution in [0, 0.1) is 0 Å². The minimum atomic E-state index is -0.178. The van der Waals surface area contributed by atoms with E-state index in [1.165, 1.54) is 0 Å². The third-order valence-electron chi connectivity index (χ3n) is 6.24. The Hall–Kier alpha value is -3.65. The standard InChI is InChI=1S/C27H23ClN4O3/c28-24-14-26-25(30-27(31-26)35-22-12-21(15-33)34-16-22)13-23(24)19-4-2-17(3-5-19)18-6-8-20(9-7-18)32-11-1-10-29-32/h1-11,13-14,21-22,33H,12,15-16H2,(H,30,31)/t21-,22?/m0/s1. The molecule has 0 saturated carbocycles. The van der Waals surface area contributed by atoms with Crippen LogP contribution < -0.4 is 4.74 Å². The van der Waals surface area contributed by atoms with E-state index in [4.69, 9.17) is 21.1 Å². The molecule has 176 valence electrons. The SMILES string of the molecule is OC[C@@H]1CC(Oc2nc3cc(-c4ccc(-c5ccc(-n6cccn6)cc5)cc4)c(Cl)cc3[nH]2)CO1. The molecular formula is C27H23ClN4O3. The molecule has 0 spiro atoms. The van der Waals surface area contributed by atoms with E-state index in [0.717, 1.165) is 39.0 Å². The van der Waals surface area contributed by atoms with Crippen LogP contribution in [0.2, 0.25) is 5.02 Å². The summed E-state index contributed by atoms with van der Waals surface area (Å²) in [7, 11) is 0. The normalized spacial score (nSPS) is 17.8. The van der Waals surface area contributed by atoms with E-state index in [-0.39, 0.29) is 18.8 Å². The van der Waals surface area contributed by atoms with Crippen LogP contribution in [0.5, 0.6) is 6.01 Å². The second-order valence-electron chi connectivity index (χ2n) is 8.58. The van der Waals surface area contributed by atoms with Gasteiger partial charge in [0.25, 0.3) is 6.01 Å². The molecule has 2 atom stereocenters. The number of hydrogen-bond donors (Lipinski definition) is 2. The Balaban J connectivity index is 1.22. The van der Waals surface area contributed by atoms with Crippen molar-refractivity contribution in [3.05, 3.63) is 84.1 Å². The maximum absolute atomic E-state index is 9.24. The molecule has 1 saturated heterocycles. The van der Waals surface area contributed by atoms with Gasteiger partial charge in [-0.3, -0.25) is 0 Å². The molecule has 7 nitrogen and oxygen atoms in total. The first-order chi connectivity index (χ1) is 17.2. The second kappa shape index (κ2) is 9.19. The molecule has 0 bridgehead atoms. The summed E-state index contributed by atoms with van der Waals surface area (Å²) in [6, 6.07) is 22.8. The Morgan fingerprint density at radius 3 is 2.49 bits per heavy atom. The van der Waals surface area contributed by atoms with E-state index >= 15 is 0 Å². The third-order valence-corrected chi connectivity index (χ3v) is 6.55. The second-order valence-corrected chi connectivity index (χ2v) is 8.99. The number of benzene rings is 3. The molecule has 0 aliphatic carbocycles. The number of nitrogens with one attached hydrogen (secondary N) is 1. The average Bonchev–Trinajstić information content (AvgIpc) is 3.65. The molecule has 3 aromatic carbocycles. The van der Waals surface area contributed by atoms with Crippen molar-refractivity contribution in [2.24, 2.45) is 0 Å². The van der Waals surface area contributed by atoms with Gasteiger partial charge in [-0.25, -0.2) is 4.68 Å². The quantitative estimate of drug-likeness (QED) is 0.342. The number of rotatable bonds is 6. The van der Waals surface area contributed by atoms with Gasteiger partial charge in [0.15, 0.2) is 0 Å². The van der Waals surface area contributed by atoms with Crippen LogP contribution in [0.3, 0.4) is 0 Å². The number of fused-ring (bicyclic) bond motifs is 1. The molecule has 8 heteroatoms. The van der Waals surface area contributed by atoms with Gasteiger partial charge < -0.3 is 19.6 Å². The minimum absolute atomic E-state index is 0.00562. The number of ether oxygens (including phenoxy) is 2. The molecule has 35 heavy (non-hydrogen) atoms. The number of imidazole rings is 1. The maximum Gasteiger partial charge on any atom is 0.294 e. The van der Waals surface area contributed by atoms with E-state index in [2.05, 4.69) is 63.6 Å². The minimum Gasteiger partial charge on any atom is -0.459 e. The van der Waals surface area contributed by atoms with Gasteiger partial charge in [-0.15, -0.1) is 0 Å². The number of hydrogen-bond acceptors (Lipinski definition) is 5. The molecule has 1 aliphatic rings. The monoisotopic (exact) mass is 486 g/mol. The zero-order valence-corrected chi connectivity index (χ0v) is 19.5. The van der Waals surface area contributed by atoms with Crippen LogP contribution in [0.1, 0.15) is 6.42 Å². The van der Waals surface area contributed by atoms with E-state index in [1.807, 2.05) is 29.1 Å². The van der Waals surface area contributed by atoms with Gasteiger partial charge in [0.2, 0.25) is 0 Å². The first-order valence-electron chi connectivity index (χ1n) is 11.5. The van der Waals surface area contributed by atoms with Crippen molar-refractivity contribution in [3.63, 3.8) is 0 Å². The fraction of sp³-hybridized carbons (Fsp3) is 0.185. The Labute approximate surface area is 206 Å². The summed E-state index contributed by atoms with van der Waals surface area (Å²) < 4.78 is 13.2. The number of aromatic amines is 1. The number of nitrogens with zero attached hydrogens (tertiary/aromatic N) is 3. The number of halogens is 1. The van der Waals surface area contributed by atoms with Gasteiger partial charge in [0, 0.05) is 24.4 Å². The van der Waals surface area contributed by atoms with Gasteiger partial charge >= 0.3 is 0 Å². The van der Waals surface area contributed by atoms with E-state index in [0.29, 0.717) is 24.1 Å². The van der Waals surface area contributed by atoms with Gasteiger partial charge in [-0.2, -0.15) is 10.1 Å². The molecule has 2 N–H and O–H groups in total. The highest BCUT2D eigenvalue weighted by Crippen LogP contribution is 2.34. The molecular weight excluding hydrogens is 464 g/mol. The zero-order valence-electron chi connectivity index (χ0n) is 18.8. The van der Waals surface area contributed by atoms with E-state index in [1.54, 1.807) is 6.20 Å². The summed E-state index contributed by atoms with van der Waals surface area (Å²) in [4.78, 5) is 7.77. The Bertz CT molecular complexity index is 1450. The first-order valence-corrected chi connectivity index (χ1v) is 11.8. The lowest BCUT2D eigenvalue weighted by atomic mass is 10.00. The lowest BCUT2D eigenvalue weighted by Gasteiger charge is -2.08. The van der Waals surface area contributed by atoms with Gasteiger partial charge in [0.05, 0.1) is 41.1 Å². The molecule has 6 rings (SSSR count). The highest BCUT2D eigenvalue weighted by atomic mass is 35.5. The number of aliphatic hydroxyl groups is 1. The summed E-state index contributed by atoms with van der Waals surface area (Å²) in [5, 5.41) is 14.1.